The van der Waals surface area contributed by atoms with Crippen molar-refractivity contribution in [2.75, 3.05) is 29.9 Å². The SMILES string of the molecule is O=C(CN1CCN(c2ccccc2)C1=O)Nc1ccccc1F. The van der Waals surface area contributed by atoms with E-state index in [-0.39, 0.29) is 18.3 Å². The normalized spacial score (nSPS) is 14.2. The number of halogens is 1. The van der Waals surface area contributed by atoms with Crippen LogP contribution in [0, 0.1) is 5.82 Å². The molecule has 1 aliphatic heterocycles. The molecular formula is C17H16FN3O2. The van der Waals surface area contributed by atoms with Crippen molar-refractivity contribution in [3.8, 4) is 0 Å². The number of anilines is 2. The van der Waals surface area contributed by atoms with Gasteiger partial charge in [0.25, 0.3) is 0 Å². The minimum Gasteiger partial charge on any atom is -0.322 e. The highest BCUT2D eigenvalue weighted by molar-refractivity contribution is 5.99. The van der Waals surface area contributed by atoms with E-state index in [9.17, 15) is 14.0 Å². The predicted molar refractivity (Wildman–Crippen MR) is 85.8 cm³/mol. The summed E-state index contributed by atoms with van der Waals surface area (Å²) in [4.78, 5) is 27.4. The number of hydrogen-bond acceptors (Lipinski definition) is 2. The molecule has 0 radical (unpaired) electrons. The number of carbonyl (C=O) groups is 2. The van der Waals surface area contributed by atoms with Gasteiger partial charge in [0, 0.05) is 18.8 Å². The Hall–Kier alpha value is -2.89. The largest absolute Gasteiger partial charge is 0.325 e. The zero-order valence-corrected chi connectivity index (χ0v) is 12.4. The number of carbonyl (C=O) groups excluding carboxylic acids is 2. The lowest BCUT2D eigenvalue weighted by Crippen LogP contribution is -2.37. The quantitative estimate of drug-likeness (QED) is 0.943. The third-order valence-corrected chi connectivity index (χ3v) is 3.65. The van der Waals surface area contributed by atoms with Crippen molar-refractivity contribution in [2.24, 2.45) is 0 Å². The van der Waals surface area contributed by atoms with Crippen molar-refractivity contribution < 1.29 is 14.0 Å². The van der Waals surface area contributed by atoms with Crippen molar-refractivity contribution in [1.29, 1.82) is 0 Å². The number of benzene rings is 2. The average Bonchev–Trinajstić information content (AvgIpc) is 2.91. The summed E-state index contributed by atoms with van der Waals surface area (Å²) in [6.45, 7) is 0.880. The van der Waals surface area contributed by atoms with Crippen LogP contribution in [-0.2, 0) is 4.79 Å². The van der Waals surface area contributed by atoms with Gasteiger partial charge in [-0.1, -0.05) is 30.3 Å². The monoisotopic (exact) mass is 313 g/mol. The number of nitrogens with zero attached hydrogens (tertiary/aromatic N) is 2. The van der Waals surface area contributed by atoms with Crippen LogP contribution < -0.4 is 10.2 Å². The van der Waals surface area contributed by atoms with E-state index < -0.39 is 11.7 Å². The van der Waals surface area contributed by atoms with E-state index in [2.05, 4.69) is 5.32 Å². The van der Waals surface area contributed by atoms with E-state index in [1.165, 1.54) is 17.0 Å². The summed E-state index contributed by atoms with van der Waals surface area (Å²) in [5.41, 5.74) is 0.915. The third kappa shape index (κ3) is 3.31. The Morgan fingerprint density at radius 2 is 1.74 bits per heavy atom. The van der Waals surface area contributed by atoms with Gasteiger partial charge in [-0.15, -0.1) is 0 Å². The Balaban J connectivity index is 1.62. The molecule has 1 fully saturated rings. The van der Waals surface area contributed by atoms with Crippen LogP contribution in [0.15, 0.2) is 54.6 Å². The molecule has 0 unspecified atom stereocenters. The maximum absolute atomic E-state index is 13.5. The second-order valence-electron chi connectivity index (χ2n) is 5.22. The predicted octanol–water partition coefficient (Wildman–Crippen LogP) is 2.71. The van der Waals surface area contributed by atoms with Gasteiger partial charge < -0.3 is 10.2 Å². The van der Waals surface area contributed by atoms with Gasteiger partial charge in [-0.3, -0.25) is 9.69 Å². The van der Waals surface area contributed by atoms with E-state index in [1.807, 2.05) is 30.3 Å². The zero-order valence-electron chi connectivity index (χ0n) is 12.4. The van der Waals surface area contributed by atoms with Crippen LogP contribution in [-0.4, -0.2) is 36.5 Å². The van der Waals surface area contributed by atoms with Gasteiger partial charge in [-0.2, -0.15) is 0 Å². The molecule has 1 N–H and O–H groups in total. The summed E-state index contributed by atoms with van der Waals surface area (Å²) in [6.07, 6.45) is 0. The number of para-hydroxylation sites is 2. The van der Waals surface area contributed by atoms with Crippen LogP contribution in [0.25, 0.3) is 0 Å². The van der Waals surface area contributed by atoms with Gasteiger partial charge in [0.15, 0.2) is 0 Å². The van der Waals surface area contributed by atoms with Gasteiger partial charge in [-0.05, 0) is 24.3 Å². The molecule has 2 aromatic carbocycles. The van der Waals surface area contributed by atoms with Crippen molar-refractivity contribution >= 4 is 23.3 Å². The fourth-order valence-electron chi connectivity index (χ4n) is 2.50. The highest BCUT2D eigenvalue weighted by Gasteiger charge is 2.30. The smallest absolute Gasteiger partial charge is 0.322 e. The standard InChI is InChI=1S/C17H16FN3O2/c18-14-8-4-5-9-15(14)19-16(22)12-20-10-11-21(17(20)23)13-6-2-1-3-7-13/h1-9H,10-12H2,(H,19,22). The second kappa shape index (κ2) is 6.48. The van der Waals surface area contributed by atoms with Crippen LogP contribution >= 0.6 is 0 Å². The molecule has 3 amide bonds. The van der Waals surface area contributed by atoms with Crippen molar-refractivity contribution in [1.82, 2.24) is 4.90 Å². The summed E-state index contributed by atoms with van der Waals surface area (Å²) in [7, 11) is 0. The number of rotatable bonds is 4. The Morgan fingerprint density at radius 3 is 2.48 bits per heavy atom. The third-order valence-electron chi connectivity index (χ3n) is 3.65. The Kier molecular flexibility index (Phi) is 4.23. The zero-order chi connectivity index (χ0) is 16.2. The maximum Gasteiger partial charge on any atom is 0.325 e. The van der Waals surface area contributed by atoms with Crippen LogP contribution in [0.2, 0.25) is 0 Å². The first kappa shape index (κ1) is 15.0. The summed E-state index contributed by atoms with van der Waals surface area (Å²) in [6, 6.07) is 15.0. The first-order chi connectivity index (χ1) is 11.1. The molecule has 118 valence electrons. The molecule has 1 saturated heterocycles. The van der Waals surface area contributed by atoms with E-state index in [4.69, 9.17) is 0 Å². The number of urea groups is 1. The summed E-state index contributed by atoms with van der Waals surface area (Å²) < 4.78 is 13.5. The Labute approximate surface area is 133 Å². The second-order valence-corrected chi connectivity index (χ2v) is 5.22. The lowest BCUT2D eigenvalue weighted by atomic mass is 10.3. The molecule has 0 spiro atoms. The number of amides is 3. The van der Waals surface area contributed by atoms with Crippen molar-refractivity contribution in [2.45, 2.75) is 0 Å². The van der Waals surface area contributed by atoms with Crippen LogP contribution in [0.3, 0.4) is 0 Å². The van der Waals surface area contributed by atoms with Gasteiger partial charge in [-0.25, -0.2) is 9.18 Å². The van der Waals surface area contributed by atoms with Crippen LogP contribution in [0.4, 0.5) is 20.6 Å². The molecule has 1 aliphatic rings. The van der Waals surface area contributed by atoms with Crippen molar-refractivity contribution in [3.63, 3.8) is 0 Å². The lowest BCUT2D eigenvalue weighted by Gasteiger charge is -2.18. The minimum absolute atomic E-state index is 0.101. The van der Waals surface area contributed by atoms with Crippen LogP contribution in [0.5, 0.6) is 0 Å². The topological polar surface area (TPSA) is 52.7 Å². The first-order valence-corrected chi connectivity index (χ1v) is 7.31. The fraction of sp³-hybridized carbons (Fsp3) is 0.176. The van der Waals surface area contributed by atoms with E-state index >= 15 is 0 Å². The summed E-state index contributed by atoms with van der Waals surface area (Å²) >= 11 is 0. The molecule has 5 nitrogen and oxygen atoms in total. The molecule has 0 aliphatic carbocycles. The highest BCUT2D eigenvalue weighted by Crippen LogP contribution is 2.20. The van der Waals surface area contributed by atoms with Crippen molar-refractivity contribution in [3.05, 3.63) is 60.4 Å². The average molecular weight is 313 g/mol. The number of nitrogens with one attached hydrogen (secondary N) is 1. The Bertz CT molecular complexity index is 721. The molecule has 0 bridgehead atoms. The fourth-order valence-corrected chi connectivity index (χ4v) is 2.50. The highest BCUT2D eigenvalue weighted by atomic mass is 19.1. The molecule has 0 atom stereocenters. The van der Waals surface area contributed by atoms with Gasteiger partial charge in [0.2, 0.25) is 5.91 Å². The first-order valence-electron chi connectivity index (χ1n) is 7.31. The molecule has 3 rings (SSSR count). The van der Waals surface area contributed by atoms with Gasteiger partial charge in [0.1, 0.15) is 12.4 Å². The van der Waals surface area contributed by atoms with Gasteiger partial charge in [0.05, 0.1) is 5.69 Å². The van der Waals surface area contributed by atoms with E-state index in [0.717, 1.165) is 5.69 Å². The number of hydrogen-bond donors (Lipinski definition) is 1. The molecular weight excluding hydrogens is 297 g/mol. The summed E-state index contributed by atoms with van der Waals surface area (Å²) in [5, 5.41) is 2.49. The molecule has 0 aromatic heterocycles. The van der Waals surface area contributed by atoms with Gasteiger partial charge >= 0.3 is 6.03 Å². The molecule has 2 aromatic rings. The van der Waals surface area contributed by atoms with E-state index in [0.29, 0.717) is 13.1 Å². The minimum atomic E-state index is -0.500. The maximum atomic E-state index is 13.5. The molecule has 0 saturated carbocycles. The Morgan fingerprint density at radius 1 is 1.04 bits per heavy atom. The summed E-state index contributed by atoms with van der Waals surface area (Å²) in [5.74, 6) is -0.919. The lowest BCUT2D eigenvalue weighted by molar-refractivity contribution is -0.116. The van der Waals surface area contributed by atoms with Crippen LogP contribution in [0.1, 0.15) is 0 Å². The molecule has 23 heavy (non-hydrogen) atoms. The molecule has 1 heterocycles. The van der Waals surface area contributed by atoms with E-state index in [1.54, 1.807) is 17.0 Å². The molecule has 6 heteroatoms.